The van der Waals surface area contributed by atoms with E-state index in [9.17, 15) is 4.79 Å². The first-order valence-electron chi connectivity index (χ1n) is 7.79. The Kier molecular flexibility index (Phi) is 4.68. The normalized spacial score (nSPS) is 15.5. The molecule has 1 aliphatic carbocycles. The summed E-state index contributed by atoms with van der Waals surface area (Å²) in [7, 11) is 0. The monoisotopic (exact) mass is 299 g/mol. The van der Waals surface area contributed by atoms with Crippen LogP contribution in [-0.4, -0.2) is 26.8 Å². The van der Waals surface area contributed by atoms with E-state index in [2.05, 4.69) is 20.7 Å². The summed E-state index contributed by atoms with van der Waals surface area (Å²) in [4.78, 5) is 16.1. The Bertz CT molecular complexity index is 605. The van der Waals surface area contributed by atoms with Gasteiger partial charge >= 0.3 is 6.03 Å². The third kappa shape index (κ3) is 3.84. The number of aromatic nitrogens is 3. The number of amides is 2. The van der Waals surface area contributed by atoms with Crippen molar-refractivity contribution in [3.8, 4) is 0 Å². The molecule has 1 aromatic carbocycles. The molecule has 6 heteroatoms. The SMILES string of the molecule is O=C(Nc1ccccc1Cn1cncn1)NC1CCCCC1. The van der Waals surface area contributed by atoms with Gasteiger partial charge in [-0.25, -0.2) is 14.5 Å². The minimum atomic E-state index is -0.127. The van der Waals surface area contributed by atoms with Gasteiger partial charge in [0.05, 0.1) is 6.54 Å². The maximum absolute atomic E-state index is 12.2. The van der Waals surface area contributed by atoms with Gasteiger partial charge in [-0.1, -0.05) is 37.5 Å². The highest BCUT2D eigenvalue weighted by Gasteiger charge is 2.16. The molecular weight excluding hydrogens is 278 g/mol. The molecule has 0 spiro atoms. The van der Waals surface area contributed by atoms with Crippen molar-refractivity contribution in [3.63, 3.8) is 0 Å². The average Bonchev–Trinajstić information content (AvgIpc) is 3.03. The molecule has 0 atom stereocenters. The van der Waals surface area contributed by atoms with Gasteiger partial charge in [0.2, 0.25) is 0 Å². The zero-order chi connectivity index (χ0) is 15.2. The second-order valence-electron chi connectivity index (χ2n) is 5.68. The van der Waals surface area contributed by atoms with Crippen molar-refractivity contribution in [2.24, 2.45) is 0 Å². The molecular formula is C16H21N5O. The van der Waals surface area contributed by atoms with Crippen LogP contribution in [0.15, 0.2) is 36.9 Å². The highest BCUT2D eigenvalue weighted by atomic mass is 16.2. The number of carbonyl (C=O) groups is 1. The van der Waals surface area contributed by atoms with Gasteiger partial charge < -0.3 is 10.6 Å². The molecule has 1 aliphatic rings. The van der Waals surface area contributed by atoms with E-state index in [1.807, 2.05) is 24.3 Å². The second-order valence-corrected chi connectivity index (χ2v) is 5.68. The molecule has 2 aromatic rings. The maximum Gasteiger partial charge on any atom is 0.319 e. The van der Waals surface area contributed by atoms with E-state index < -0.39 is 0 Å². The summed E-state index contributed by atoms with van der Waals surface area (Å²) >= 11 is 0. The molecule has 116 valence electrons. The molecule has 6 nitrogen and oxygen atoms in total. The molecule has 2 N–H and O–H groups in total. The fourth-order valence-corrected chi connectivity index (χ4v) is 2.86. The van der Waals surface area contributed by atoms with E-state index in [1.165, 1.54) is 25.6 Å². The lowest BCUT2D eigenvalue weighted by Gasteiger charge is -2.23. The first-order chi connectivity index (χ1) is 10.8. The van der Waals surface area contributed by atoms with E-state index in [1.54, 1.807) is 11.0 Å². The molecule has 1 saturated carbocycles. The van der Waals surface area contributed by atoms with E-state index in [0.29, 0.717) is 12.6 Å². The van der Waals surface area contributed by atoms with Crippen LogP contribution in [0.3, 0.4) is 0 Å². The third-order valence-corrected chi connectivity index (χ3v) is 4.00. The molecule has 22 heavy (non-hydrogen) atoms. The zero-order valence-electron chi connectivity index (χ0n) is 12.5. The first-order valence-corrected chi connectivity index (χ1v) is 7.79. The van der Waals surface area contributed by atoms with Crippen molar-refractivity contribution >= 4 is 11.7 Å². The molecule has 3 rings (SSSR count). The Morgan fingerprint density at radius 3 is 2.82 bits per heavy atom. The summed E-state index contributed by atoms with van der Waals surface area (Å²) in [6, 6.07) is 7.94. The van der Waals surface area contributed by atoms with Crippen LogP contribution in [0.1, 0.15) is 37.7 Å². The van der Waals surface area contributed by atoms with Crippen molar-refractivity contribution in [1.82, 2.24) is 20.1 Å². The number of benzene rings is 1. The van der Waals surface area contributed by atoms with Gasteiger partial charge in [-0.3, -0.25) is 0 Å². The minimum absolute atomic E-state index is 0.127. The number of urea groups is 1. The standard InChI is InChI=1S/C16H21N5O/c22-16(19-14-7-2-1-3-8-14)20-15-9-5-4-6-13(15)10-21-12-17-11-18-21/h4-6,9,11-12,14H,1-3,7-8,10H2,(H2,19,20,22). The van der Waals surface area contributed by atoms with E-state index in [4.69, 9.17) is 0 Å². The van der Waals surface area contributed by atoms with Gasteiger partial charge in [-0.15, -0.1) is 0 Å². The summed E-state index contributed by atoms with van der Waals surface area (Å²) in [5, 5.41) is 10.1. The largest absolute Gasteiger partial charge is 0.335 e. The summed E-state index contributed by atoms with van der Waals surface area (Å²) < 4.78 is 1.74. The molecule has 0 unspecified atom stereocenters. The van der Waals surface area contributed by atoms with Crippen LogP contribution in [-0.2, 0) is 6.54 Å². The lowest BCUT2D eigenvalue weighted by atomic mass is 9.96. The fraction of sp³-hybridized carbons (Fsp3) is 0.438. The van der Waals surface area contributed by atoms with Crippen molar-refractivity contribution in [2.45, 2.75) is 44.7 Å². The van der Waals surface area contributed by atoms with Crippen LogP contribution >= 0.6 is 0 Å². The number of anilines is 1. The lowest BCUT2D eigenvalue weighted by molar-refractivity contribution is 0.244. The van der Waals surface area contributed by atoms with Crippen molar-refractivity contribution in [2.75, 3.05) is 5.32 Å². The number of nitrogens with zero attached hydrogens (tertiary/aromatic N) is 3. The molecule has 1 fully saturated rings. The Morgan fingerprint density at radius 1 is 1.23 bits per heavy atom. The van der Waals surface area contributed by atoms with Crippen molar-refractivity contribution < 1.29 is 4.79 Å². The maximum atomic E-state index is 12.2. The van der Waals surface area contributed by atoms with Crippen molar-refractivity contribution in [1.29, 1.82) is 0 Å². The summed E-state index contributed by atoms with van der Waals surface area (Å²) in [5.41, 5.74) is 1.82. The minimum Gasteiger partial charge on any atom is -0.335 e. The highest BCUT2D eigenvalue weighted by molar-refractivity contribution is 5.90. The molecule has 1 heterocycles. The predicted molar refractivity (Wildman–Crippen MR) is 84.6 cm³/mol. The fourth-order valence-electron chi connectivity index (χ4n) is 2.86. The topological polar surface area (TPSA) is 71.8 Å². The van der Waals surface area contributed by atoms with Crippen LogP contribution in [0.4, 0.5) is 10.5 Å². The number of hydrogen-bond donors (Lipinski definition) is 2. The van der Waals surface area contributed by atoms with Crippen LogP contribution in [0.5, 0.6) is 0 Å². The number of para-hydroxylation sites is 1. The molecule has 0 saturated heterocycles. The number of nitrogens with one attached hydrogen (secondary N) is 2. The highest BCUT2D eigenvalue weighted by Crippen LogP contribution is 2.19. The second kappa shape index (κ2) is 7.06. The Hall–Kier alpha value is -2.37. The summed E-state index contributed by atoms with van der Waals surface area (Å²) in [6.07, 6.45) is 9.01. The Labute approximate surface area is 129 Å². The van der Waals surface area contributed by atoms with Crippen molar-refractivity contribution in [3.05, 3.63) is 42.5 Å². The van der Waals surface area contributed by atoms with Crippen LogP contribution in [0, 0.1) is 0 Å². The molecule has 2 amide bonds. The molecule has 1 aromatic heterocycles. The summed E-state index contributed by atoms with van der Waals surface area (Å²) in [5.74, 6) is 0. The van der Waals surface area contributed by atoms with Gasteiger partial charge in [-0.05, 0) is 24.5 Å². The average molecular weight is 299 g/mol. The zero-order valence-corrected chi connectivity index (χ0v) is 12.5. The van der Waals surface area contributed by atoms with Crippen LogP contribution in [0.2, 0.25) is 0 Å². The van der Waals surface area contributed by atoms with E-state index in [0.717, 1.165) is 24.1 Å². The van der Waals surface area contributed by atoms with Gasteiger partial charge in [0.25, 0.3) is 0 Å². The Morgan fingerprint density at radius 2 is 2.05 bits per heavy atom. The number of hydrogen-bond acceptors (Lipinski definition) is 3. The molecule has 0 aliphatic heterocycles. The number of carbonyl (C=O) groups excluding carboxylic acids is 1. The van der Waals surface area contributed by atoms with Gasteiger partial charge in [0.15, 0.2) is 0 Å². The third-order valence-electron chi connectivity index (χ3n) is 4.00. The van der Waals surface area contributed by atoms with E-state index in [-0.39, 0.29) is 6.03 Å². The predicted octanol–water partition coefficient (Wildman–Crippen LogP) is 2.78. The van der Waals surface area contributed by atoms with Gasteiger partial charge in [0, 0.05) is 11.7 Å². The quantitative estimate of drug-likeness (QED) is 0.912. The first kappa shape index (κ1) is 14.6. The smallest absolute Gasteiger partial charge is 0.319 e. The Balaban J connectivity index is 1.62. The molecule has 0 bridgehead atoms. The van der Waals surface area contributed by atoms with Gasteiger partial charge in [0.1, 0.15) is 12.7 Å². The van der Waals surface area contributed by atoms with Crippen LogP contribution in [0.25, 0.3) is 0 Å². The molecule has 0 radical (unpaired) electrons. The lowest BCUT2D eigenvalue weighted by Crippen LogP contribution is -2.39. The van der Waals surface area contributed by atoms with Crippen LogP contribution < -0.4 is 10.6 Å². The number of rotatable bonds is 4. The van der Waals surface area contributed by atoms with E-state index >= 15 is 0 Å². The summed E-state index contributed by atoms with van der Waals surface area (Å²) in [6.45, 7) is 0.583. The van der Waals surface area contributed by atoms with Gasteiger partial charge in [-0.2, -0.15) is 5.10 Å².